The zero-order valence-corrected chi connectivity index (χ0v) is 13.2. The van der Waals surface area contributed by atoms with Gasteiger partial charge in [-0.25, -0.2) is 4.79 Å². The van der Waals surface area contributed by atoms with Crippen LogP contribution in [0.2, 0.25) is 0 Å². The van der Waals surface area contributed by atoms with Gasteiger partial charge < -0.3 is 14.0 Å². The lowest BCUT2D eigenvalue weighted by atomic mass is 9.96. The molecule has 0 spiro atoms. The smallest absolute Gasteiger partial charge is 0.344 e. The molecular weight excluding hydrogens is 298 g/mol. The SMILES string of the molecule is CC(C)(C)c1noc(COC(=O)COc2ccccc2C#N)n1. The minimum atomic E-state index is -0.590. The monoisotopic (exact) mass is 315 g/mol. The molecule has 0 N–H and O–H groups in total. The molecular formula is C16H17N3O4. The molecule has 1 heterocycles. The summed E-state index contributed by atoms with van der Waals surface area (Å²) >= 11 is 0. The molecule has 0 aliphatic heterocycles. The normalized spacial score (nSPS) is 10.9. The van der Waals surface area contributed by atoms with E-state index in [1.807, 2.05) is 26.8 Å². The van der Waals surface area contributed by atoms with Crippen LogP contribution in [0.4, 0.5) is 0 Å². The molecule has 0 radical (unpaired) electrons. The van der Waals surface area contributed by atoms with Gasteiger partial charge in [0.1, 0.15) is 11.8 Å². The van der Waals surface area contributed by atoms with Crippen molar-refractivity contribution in [3.63, 3.8) is 0 Å². The summed E-state index contributed by atoms with van der Waals surface area (Å²) in [7, 11) is 0. The summed E-state index contributed by atoms with van der Waals surface area (Å²) in [5.41, 5.74) is 0.114. The van der Waals surface area contributed by atoms with Crippen LogP contribution in [0.25, 0.3) is 0 Å². The number of ether oxygens (including phenoxy) is 2. The molecule has 0 amide bonds. The zero-order chi connectivity index (χ0) is 16.9. The Morgan fingerprint density at radius 3 is 2.74 bits per heavy atom. The largest absolute Gasteiger partial charge is 0.481 e. The summed E-state index contributed by atoms with van der Waals surface area (Å²) < 4.78 is 15.3. The van der Waals surface area contributed by atoms with Crippen LogP contribution >= 0.6 is 0 Å². The van der Waals surface area contributed by atoms with E-state index in [2.05, 4.69) is 10.1 Å². The minimum Gasteiger partial charge on any atom is -0.481 e. The molecule has 0 fully saturated rings. The molecule has 7 heteroatoms. The maximum atomic E-state index is 11.7. The molecule has 0 aliphatic carbocycles. The standard InChI is InChI=1S/C16H17N3O4/c1-16(2,3)15-18-13(23-19-15)9-22-14(20)10-21-12-7-5-4-6-11(12)8-17/h4-7H,9-10H2,1-3H3. The Hall–Kier alpha value is -2.88. The summed E-state index contributed by atoms with van der Waals surface area (Å²) in [5.74, 6) is 0.511. The molecule has 0 atom stereocenters. The lowest BCUT2D eigenvalue weighted by molar-refractivity contribution is -0.148. The quantitative estimate of drug-likeness (QED) is 0.781. The van der Waals surface area contributed by atoms with Crippen molar-refractivity contribution in [2.75, 3.05) is 6.61 Å². The number of benzene rings is 1. The van der Waals surface area contributed by atoms with Crippen LogP contribution in [-0.4, -0.2) is 22.7 Å². The fraction of sp³-hybridized carbons (Fsp3) is 0.375. The van der Waals surface area contributed by atoms with Gasteiger partial charge in [-0.05, 0) is 12.1 Å². The van der Waals surface area contributed by atoms with E-state index < -0.39 is 5.97 Å². The van der Waals surface area contributed by atoms with Crippen LogP contribution in [0.15, 0.2) is 28.8 Å². The molecule has 2 aromatic rings. The van der Waals surface area contributed by atoms with Crippen molar-refractivity contribution >= 4 is 5.97 Å². The van der Waals surface area contributed by atoms with Gasteiger partial charge in [-0.1, -0.05) is 38.1 Å². The number of hydrogen-bond donors (Lipinski definition) is 0. The topological polar surface area (TPSA) is 98.2 Å². The maximum absolute atomic E-state index is 11.7. The van der Waals surface area contributed by atoms with Gasteiger partial charge in [-0.15, -0.1) is 0 Å². The zero-order valence-electron chi connectivity index (χ0n) is 13.2. The average molecular weight is 315 g/mol. The van der Waals surface area contributed by atoms with E-state index in [1.54, 1.807) is 24.3 Å². The van der Waals surface area contributed by atoms with E-state index in [0.717, 1.165) is 0 Å². The van der Waals surface area contributed by atoms with E-state index >= 15 is 0 Å². The Kier molecular flexibility index (Phi) is 4.96. The number of hydrogen-bond acceptors (Lipinski definition) is 7. The first-order valence-corrected chi connectivity index (χ1v) is 7.01. The van der Waals surface area contributed by atoms with Crippen molar-refractivity contribution in [3.8, 4) is 11.8 Å². The van der Waals surface area contributed by atoms with Crippen molar-refractivity contribution in [1.29, 1.82) is 5.26 Å². The Balaban J connectivity index is 1.84. The van der Waals surface area contributed by atoms with E-state index in [0.29, 0.717) is 17.1 Å². The van der Waals surface area contributed by atoms with Gasteiger partial charge in [0.2, 0.25) is 0 Å². The molecule has 23 heavy (non-hydrogen) atoms. The molecule has 0 saturated carbocycles. The Bertz CT molecular complexity index is 725. The summed E-state index contributed by atoms with van der Waals surface area (Å²) in [6.07, 6.45) is 0. The summed E-state index contributed by atoms with van der Waals surface area (Å²) in [6, 6.07) is 8.63. The van der Waals surface area contributed by atoms with Crippen molar-refractivity contribution in [3.05, 3.63) is 41.5 Å². The maximum Gasteiger partial charge on any atom is 0.344 e. The molecule has 0 unspecified atom stereocenters. The van der Waals surface area contributed by atoms with Gasteiger partial charge >= 0.3 is 5.97 Å². The number of para-hydroxylation sites is 1. The number of carbonyl (C=O) groups is 1. The Labute approximate surface area is 133 Å². The fourth-order valence-corrected chi connectivity index (χ4v) is 1.62. The molecule has 1 aromatic carbocycles. The molecule has 1 aromatic heterocycles. The number of carbonyl (C=O) groups excluding carboxylic acids is 1. The second kappa shape index (κ2) is 6.92. The lowest BCUT2D eigenvalue weighted by Gasteiger charge is -2.10. The van der Waals surface area contributed by atoms with Gasteiger partial charge in [-0.2, -0.15) is 10.2 Å². The minimum absolute atomic E-state index is 0.120. The van der Waals surface area contributed by atoms with E-state index in [4.69, 9.17) is 19.3 Å². The number of aromatic nitrogens is 2. The number of esters is 1. The van der Waals surface area contributed by atoms with Gasteiger partial charge in [0, 0.05) is 5.41 Å². The van der Waals surface area contributed by atoms with E-state index in [-0.39, 0.29) is 24.5 Å². The highest BCUT2D eigenvalue weighted by Gasteiger charge is 2.21. The first kappa shape index (κ1) is 16.5. The average Bonchev–Trinajstić information content (AvgIpc) is 3.00. The summed E-state index contributed by atoms with van der Waals surface area (Å²) in [6.45, 7) is 5.43. The van der Waals surface area contributed by atoms with Gasteiger partial charge in [0.25, 0.3) is 5.89 Å². The van der Waals surface area contributed by atoms with Crippen LogP contribution in [0.3, 0.4) is 0 Å². The van der Waals surface area contributed by atoms with Crippen molar-refractivity contribution in [1.82, 2.24) is 10.1 Å². The molecule has 0 saturated heterocycles. The second-order valence-corrected chi connectivity index (χ2v) is 5.82. The lowest BCUT2D eigenvalue weighted by Crippen LogP contribution is -2.16. The first-order chi connectivity index (χ1) is 10.9. The van der Waals surface area contributed by atoms with Gasteiger partial charge in [0.15, 0.2) is 19.0 Å². The highest BCUT2D eigenvalue weighted by Crippen LogP contribution is 2.19. The third-order valence-electron chi connectivity index (χ3n) is 2.85. The second-order valence-electron chi connectivity index (χ2n) is 5.82. The third-order valence-corrected chi connectivity index (χ3v) is 2.85. The van der Waals surface area contributed by atoms with Crippen molar-refractivity contribution < 1.29 is 18.8 Å². The Morgan fingerprint density at radius 1 is 1.35 bits per heavy atom. The van der Waals surface area contributed by atoms with Crippen LogP contribution < -0.4 is 4.74 Å². The predicted octanol–water partition coefficient (Wildman–Crippen LogP) is 2.36. The molecule has 0 aliphatic rings. The van der Waals surface area contributed by atoms with Gasteiger partial charge in [0.05, 0.1) is 5.56 Å². The molecule has 120 valence electrons. The highest BCUT2D eigenvalue weighted by atomic mass is 16.6. The van der Waals surface area contributed by atoms with Crippen molar-refractivity contribution in [2.24, 2.45) is 0 Å². The number of nitriles is 1. The van der Waals surface area contributed by atoms with E-state index in [1.165, 1.54) is 0 Å². The third kappa shape index (κ3) is 4.54. The Morgan fingerprint density at radius 2 is 2.09 bits per heavy atom. The number of nitrogens with zero attached hydrogens (tertiary/aromatic N) is 3. The molecule has 2 rings (SSSR count). The fourth-order valence-electron chi connectivity index (χ4n) is 1.62. The van der Waals surface area contributed by atoms with Crippen LogP contribution in [-0.2, 0) is 21.6 Å². The first-order valence-electron chi connectivity index (χ1n) is 7.01. The van der Waals surface area contributed by atoms with Crippen LogP contribution in [0.5, 0.6) is 5.75 Å². The summed E-state index contributed by atoms with van der Waals surface area (Å²) in [4.78, 5) is 15.8. The molecule has 7 nitrogen and oxygen atoms in total. The van der Waals surface area contributed by atoms with E-state index in [9.17, 15) is 4.79 Å². The molecule has 0 bridgehead atoms. The van der Waals surface area contributed by atoms with Crippen molar-refractivity contribution in [2.45, 2.75) is 32.8 Å². The number of rotatable bonds is 5. The summed E-state index contributed by atoms with van der Waals surface area (Å²) in [5, 5.41) is 12.8. The van der Waals surface area contributed by atoms with Crippen LogP contribution in [0, 0.1) is 11.3 Å². The van der Waals surface area contributed by atoms with Crippen LogP contribution in [0.1, 0.15) is 38.0 Å². The highest BCUT2D eigenvalue weighted by molar-refractivity contribution is 5.71. The van der Waals surface area contributed by atoms with Gasteiger partial charge in [-0.3, -0.25) is 0 Å². The predicted molar refractivity (Wildman–Crippen MR) is 79.4 cm³/mol.